The van der Waals surface area contributed by atoms with Crippen molar-refractivity contribution in [2.24, 2.45) is 0 Å². The third-order valence-electron chi connectivity index (χ3n) is 4.76. The van der Waals surface area contributed by atoms with Crippen molar-refractivity contribution in [3.05, 3.63) is 64.9 Å². The second-order valence-electron chi connectivity index (χ2n) is 7.44. The fourth-order valence-corrected chi connectivity index (χ4v) is 3.08. The molecule has 8 heteroatoms. The van der Waals surface area contributed by atoms with Gasteiger partial charge in [-0.3, -0.25) is 9.48 Å². The van der Waals surface area contributed by atoms with E-state index in [9.17, 15) is 9.59 Å². The lowest BCUT2D eigenvalue weighted by Gasteiger charge is -2.14. The van der Waals surface area contributed by atoms with Crippen molar-refractivity contribution < 1.29 is 23.5 Å². The average Bonchev–Trinajstić information content (AvgIpc) is 3.38. The van der Waals surface area contributed by atoms with Crippen molar-refractivity contribution in [3.63, 3.8) is 0 Å². The molecule has 0 aliphatic rings. The molecular weight excluding hydrogens is 398 g/mol. The summed E-state index contributed by atoms with van der Waals surface area (Å²) >= 11 is 0. The van der Waals surface area contributed by atoms with Gasteiger partial charge in [-0.2, -0.15) is 5.10 Å². The number of esters is 1. The average molecular weight is 425 g/mol. The summed E-state index contributed by atoms with van der Waals surface area (Å²) in [5.41, 5.74) is 2.51. The summed E-state index contributed by atoms with van der Waals surface area (Å²) in [6.07, 6.45) is 1.57. The van der Waals surface area contributed by atoms with E-state index in [1.807, 2.05) is 19.9 Å². The predicted molar refractivity (Wildman–Crippen MR) is 116 cm³/mol. The first-order chi connectivity index (χ1) is 14.8. The zero-order valence-corrected chi connectivity index (χ0v) is 18.4. The van der Waals surface area contributed by atoms with Crippen molar-refractivity contribution in [2.75, 3.05) is 12.4 Å². The van der Waals surface area contributed by atoms with E-state index in [1.165, 1.54) is 11.8 Å². The minimum Gasteiger partial charge on any atom is -0.485 e. The molecule has 0 atom stereocenters. The Hall–Kier alpha value is -3.55. The van der Waals surface area contributed by atoms with Gasteiger partial charge in [0.15, 0.2) is 11.5 Å². The zero-order valence-electron chi connectivity index (χ0n) is 18.4. The van der Waals surface area contributed by atoms with E-state index >= 15 is 0 Å². The molecule has 1 amide bonds. The van der Waals surface area contributed by atoms with Gasteiger partial charge in [-0.25, -0.2) is 4.79 Å². The van der Waals surface area contributed by atoms with Crippen LogP contribution in [0.5, 0.6) is 5.75 Å². The van der Waals surface area contributed by atoms with Gasteiger partial charge in [-0.15, -0.1) is 0 Å². The molecule has 0 saturated heterocycles. The molecule has 0 unspecified atom stereocenters. The number of aromatic nitrogens is 2. The second kappa shape index (κ2) is 9.51. The van der Waals surface area contributed by atoms with E-state index in [1.54, 1.807) is 18.3 Å². The molecule has 0 aliphatic carbocycles. The fourth-order valence-electron chi connectivity index (χ4n) is 3.08. The van der Waals surface area contributed by atoms with Gasteiger partial charge in [0.1, 0.15) is 18.1 Å². The number of anilines is 1. The van der Waals surface area contributed by atoms with Gasteiger partial charge in [0.25, 0.3) is 5.91 Å². The summed E-state index contributed by atoms with van der Waals surface area (Å²) in [7, 11) is 1.26. The van der Waals surface area contributed by atoms with Crippen LogP contribution in [0.25, 0.3) is 0 Å². The highest BCUT2D eigenvalue weighted by atomic mass is 16.5. The Labute approximate surface area is 181 Å². The molecule has 0 saturated carbocycles. The van der Waals surface area contributed by atoms with Crippen LogP contribution >= 0.6 is 0 Å². The van der Waals surface area contributed by atoms with Crippen molar-refractivity contribution in [1.29, 1.82) is 0 Å². The van der Waals surface area contributed by atoms with E-state index in [0.717, 1.165) is 16.9 Å². The summed E-state index contributed by atoms with van der Waals surface area (Å²) in [6, 6.07) is 9.37. The van der Waals surface area contributed by atoms with E-state index in [4.69, 9.17) is 13.9 Å². The van der Waals surface area contributed by atoms with Crippen LogP contribution in [0.1, 0.15) is 64.6 Å². The van der Waals surface area contributed by atoms with Crippen molar-refractivity contribution in [3.8, 4) is 5.75 Å². The van der Waals surface area contributed by atoms with Gasteiger partial charge in [-0.05, 0) is 49.1 Å². The molecule has 1 N–H and O–H groups in total. The molecule has 8 nitrogen and oxygen atoms in total. The smallest absolute Gasteiger partial charge is 0.360 e. The normalized spacial score (nSPS) is 10.9. The van der Waals surface area contributed by atoms with Crippen molar-refractivity contribution in [1.82, 2.24) is 9.78 Å². The highest BCUT2D eigenvalue weighted by molar-refractivity contribution is 6.05. The topological polar surface area (TPSA) is 95.6 Å². The maximum absolute atomic E-state index is 12.6. The number of methoxy groups -OCH3 is 1. The van der Waals surface area contributed by atoms with E-state index < -0.39 is 11.9 Å². The maximum Gasteiger partial charge on any atom is 0.360 e. The molecule has 164 valence electrons. The Morgan fingerprint density at radius 1 is 1.23 bits per heavy atom. The van der Waals surface area contributed by atoms with Crippen molar-refractivity contribution in [2.45, 2.75) is 46.8 Å². The first-order valence-corrected chi connectivity index (χ1v) is 10.1. The lowest BCUT2D eigenvalue weighted by molar-refractivity contribution is 0.0594. The Morgan fingerprint density at radius 3 is 2.68 bits per heavy atom. The van der Waals surface area contributed by atoms with E-state index in [0.29, 0.717) is 18.2 Å². The number of hydrogen-bond donors (Lipinski definition) is 1. The predicted octanol–water partition coefficient (Wildman–Crippen LogP) is 4.55. The van der Waals surface area contributed by atoms with Gasteiger partial charge >= 0.3 is 5.97 Å². The molecule has 31 heavy (non-hydrogen) atoms. The number of furan rings is 1. The minimum atomic E-state index is -0.629. The lowest BCUT2D eigenvalue weighted by atomic mass is 10.0. The lowest BCUT2D eigenvalue weighted by Crippen LogP contribution is -2.14. The number of aryl methyl sites for hydroxylation is 2. The zero-order chi connectivity index (χ0) is 22.5. The highest BCUT2D eigenvalue weighted by Gasteiger charge is 2.21. The first-order valence-electron chi connectivity index (χ1n) is 10.1. The number of amides is 1. The van der Waals surface area contributed by atoms with Crippen LogP contribution in [0.4, 0.5) is 5.69 Å². The van der Waals surface area contributed by atoms with Crippen LogP contribution in [0.15, 0.2) is 40.9 Å². The van der Waals surface area contributed by atoms with E-state index in [-0.39, 0.29) is 23.7 Å². The monoisotopic (exact) mass is 425 g/mol. The second-order valence-corrected chi connectivity index (χ2v) is 7.44. The number of hydrogen-bond acceptors (Lipinski definition) is 6. The Kier molecular flexibility index (Phi) is 6.79. The summed E-state index contributed by atoms with van der Waals surface area (Å²) in [4.78, 5) is 24.5. The number of benzene rings is 1. The van der Waals surface area contributed by atoms with Gasteiger partial charge in [-0.1, -0.05) is 26.0 Å². The summed E-state index contributed by atoms with van der Waals surface area (Å²) < 4.78 is 17.9. The fraction of sp³-hybridized carbons (Fsp3) is 0.348. The van der Waals surface area contributed by atoms with Crippen LogP contribution in [0, 0.1) is 6.92 Å². The van der Waals surface area contributed by atoms with Gasteiger partial charge in [0.2, 0.25) is 0 Å². The summed E-state index contributed by atoms with van der Waals surface area (Å²) in [5.74, 6) is 0.611. The Balaban J connectivity index is 1.70. The van der Waals surface area contributed by atoms with Crippen LogP contribution in [0.3, 0.4) is 0 Å². The van der Waals surface area contributed by atoms with Gasteiger partial charge in [0.05, 0.1) is 12.8 Å². The SMILES string of the molecule is CCn1cc(NC(=O)c2ccc(COc3cc(C)ccc3C(C)C)o2)c(C(=O)OC)n1. The number of ether oxygens (including phenoxy) is 2. The number of carbonyl (C=O) groups excluding carboxylic acids is 2. The largest absolute Gasteiger partial charge is 0.485 e. The molecule has 0 spiro atoms. The molecule has 2 aromatic heterocycles. The molecule has 2 heterocycles. The Morgan fingerprint density at radius 2 is 2.00 bits per heavy atom. The van der Waals surface area contributed by atoms with E-state index in [2.05, 4.69) is 36.4 Å². The van der Waals surface area contributed by atoms with Crippen LogP contribution in [0.2, 0.25) is 0 Å². The Bertz CT molecular complexity index is 1080. The van der Waals surface area contributed by atoms with Crippen LogP contribution < -0.4 is 10.1 Å². The molecule has 3 aromatic rings. The first kappa shape index (κ1) is 22.1. The molecule has 0 fully saturated rings. The molecule has 0 aliphatic heterocycles. The number of nitrogens with one attached hydrogen (secondary N) is 1. The third kappa shape index (κ3) is 5.14. The standard InChI is InChI=1S/C23H27N3O5/c1-6-26-12-18(21(25-26)23(28)29-5)24-22(27)19-10-8-16(31-19)13-30-20-11-15(4)7-9-17(20)14(2)3/h7-12,14H,6,13H2,1-5H3,(H,24,27). The van der Waals surface area contributed by atoms with Crippen molar-refractivity contribution >= 4 is 17.6 Å². The molecule has 1 aromatic carbocycles. The van der Waals surface area contributed by atoms with Crippen LogP contribution in [-0.4, -0.2) is 28.8 Å². The van der Waals surface area contributed by atoms with Crippen LogP contribution in [-0.2, 0) is 17.9 Å². The number of nitrogens with zero attached hydrogens (tertiary/aromatic N) is 2. The quantitative estimate of drug-likeness (QED) is 0.532. The molecule has 3 rings (SSSR count). The van der Waals surface area contributed by atoms with Gasteiger partial charge in [0, 0.05) is 12.7 Å². The molecule has 0 bridgehead atoms. The summed E-state index contributed by atoms with van der Waals surface area (Å²) in [6.45, 7) is 8.83. The maximum atomic E-state index is 12.6. The number of carbonyl (C=O) groups is 2. The number of rotatable bonds is 8. The third-order valence-corrected chi connectivity index (χ3v) is 4.76. The van der Waals surface area contributed by atoms with Gasteiger partial charge < -0.3 is 19.2 Å². The summed E-state index contributed by atoms with van der Waals surface area (Å²) in [5, 5.41) is 6.78. The minimum absolute atomic E-state index is 0.0356. The highest BCUT2D eigenvalue weighted by Crippen LogP contribution is 2.28. The molecular formula is C23H27N3O5. The molecule has 0 radical (unpaired) electrons.